The Bertz CT molecular complexity index is 882. The molecule has 0 unspecified atom stereocenters. The number of aromatic nitrogens is 4. The molecule has 0 atom stereocenters. The van der Waals surface area contributed by atoms with E-state index in [2.05, 4.69) is 31.2 Å². The molecule has 136 valence electrons. The molecule has 0 amide bonds. The van der Waals surface area contributed by atoms with E-state index in [0.717, 1.165) is 33.0 Å². The van der Waals surface area contributed by atoms with E-state index in [0.29, 0.717) is 11.7 Å². The van der Waals surface area contributed by atoms with Gasteiger partial charge in [-0.05, 0) is 36.0 Å². The van der Waals surface area contributed by atoms with Crippen molar-refractivity contribution in [2.75, 3.05) is 0 Å². The van der Waals surface area contributed by atoms with Gasteiger partial charge in [0.1, 0.15) is 0 Å². The topological polar surface area (TPSA) is 80.9 Å². The van der Waals surface area contributed by atoms with Crippen molar-refractivity contribution in [3.63, 3.8) is 0 Å². The van der Waals surface area contributed by atoms with Gasteiger partial charge in [-0.15, -0.1) is 32.9 Å². The molecule has 3 aromatic rings. The summed E-state index contributed by atoms with van der Waals surface area (Å²) < 4.78 is 3.08. The van der Waals surface area contributed by atoms with Crippen molar-refractivity contribution in [1.82, 2.24) is 19.7 Å². The lowest BCUT2D eigenvalue weighted by Gasteiger charge is -2.25. The van der Waals surface area contributed by atoms with Crippen LogP contribution in [0.3, 0.4) is 0 Å². The van der Waals surface area contributed by atoms with E-state index >= 15 is 0 Å². The molecule has 1 aliphatic rings. The van der Waals surface area contributed by atoms with Gasteiger partial charge in [-0.25, -0.2) is 4.98 Å². The smallest absolute Gasteiger partial charge is 0.309 e. The average molecular weight is 407 g/mol. The number of rotatable bonds is 6. The predicted octanol–water partition coefficient (Wildman–Crippen LogP) is 4.75. The second kappa shape index (κ2) is 7.89. The Labute approximate surface area is 163 Å². The molecule has 0 saturated heterocycles. The predicted molar refractivity (Wildman–Crippen MR) is 103 cm³/mol. The Kier molecular flexibility index (Phi) is 5.37. The Morgan fingerprint density at radius 2 is 2.12 bits per heavy atom. The maximum absolute atomic E-state index is 10.9. The zero-order chi connectivity index (χ0) is 17.9. The molecule has 1 saturated carbocycles. The lowest BCUT2D eigenvalue weighted by molar-refractivity contribution is -0.136. The molecule has 0 aliphatic heterocycles. The van der Waals surface area contributed by atoms with Crippen LogP contribution in [-0.4, -0.2) is 30.8 Å². The second-order valence-corrected chi connectivity index (χ2v) is 9.24. The molecule has 9 heteroatoms. The molecule has 0 spiro atoms. The fourth-order valence-electron chi connectivity index (χ4n) is 3.24. The van der Waals surface area contributed by atoms with Crippen molar-refractivity contribution in [3.05, 3.63) is 28.6 Å². The van der Waals surface area contributed by atoms with Crippen LogP contribution in [0.25, 0.3) is 10.7 Å². The van der Waals surface area contributed by atoms with E-state index in [1.165, 1.54) is 42.4 Å². The number of carboxylic acid groups (broad SMARTS) is 1. The molecule has 0 aromatic carbocycles. The molecular formula is C17H18N4O2S3. The van der Waals surface area contributed by atoms with Crippen LogP contribution in [0.2, 0.25) is 0 Å². The van der Waals surface area contributed by atoms with E-state index in [1.807, 2.05) is 6.07 Å². The summed E-state index contributed by atoms with van der Waals surface area (Å²) >= 11 is 4.61. The summed E-state index contributed by atoms with van der Waals surface area (Å²) in [6.07, 6.45) is 6.00. The first-order chi connectivity index (χ1) is 12.7. The minimum Gasteiger partial charge on any atom is -0.481 e. The van der Waals surface area contributed by atoms with Gasteiger partial charge in [0.25, 0.3) is 0 Å². The normalized spacial score (nSPS) is 15.4. The van der Waals surface area contributed by atoms with E-state index in [-0.39, 0.29) is 6.42 Å². The first-order valence-electron chi connectivity index (χ1n) is 8.53. The third-order valence-electron chi connectivity index (χ3n) is 4.39. The molecule has 0 radical (unpaired) electrons. The summed E-state index contributed by atoms with van der Waals surface area (Å²) in [7, 11) is 0. The van der Waals surface area contributed by atoms with Crippen LogP contribution in [-0.2, 0) is 11.2 Å². The van der Waals surface area contributed by atoms with E-state index < -0.39 is 5.97 Å². The minimum absolute atomic E-state index is 0.0488. The highest BCUT2D eigenvalue weighted by molar-refractivity contribution is 8.00. The van der Waals surface area contributed by atoms with Crippen molar-refractivity contribution in [3.8, 4) is 10.7 Å². The van der Waals surface area contributed by atoms with Gasteiger partial charge < -0.3 is 5.11 Å². The van der Waals surface area contributed by atoms with Crippen LogP contribution in [0.5, 0.6) is 0 Å². The fraction of sp³-hybridized carbons (Fsp3) is 0.412. The van der Waals surface area contributed by atoms with Crippen LogP contribution in [0.4, 0.5) is 0 Å². The summed E-state index contributed by atoms with van der Waals surface area (Å²) in [5, 5.41) is 22.5. The number of aliphatic carboxylic acids is 1. The monoisotopic (exact) mass is 406 g/mol. The number of hydrogen-bond donors (Lipinski definition) is 1. The van der Waals surface area contributed by atoms with Gasteiger partial charge in [-0.2, -0.15) is 0 Å². The summed E-state index contributed by atoms with van der Waals surface area (Å²) in [4.78, 5) is 16.4. The zero-order valence-electron chi connectivity index (χ0n) is 14.0. The lowest BCUT2D eigenvalue weighted by atomic mass is 9.95. The molecule has 1 fully saturated rings. The minimum atomic E-state index is -0.864. The molecule has 4 rings (SSSR count). The SMILES string of the molecule is O=C(O)Cc1csc(Sc2nnc(-c3cccs3)n2C2CCCCC2)n1. The average Bonchev–Trinajstić information content (AvgIpc) is 3.36. The Balaban J connectivity index is 1.65. The highest BCUT2D eigenvalue weighted by Gasteiger charge is 2.25. The third-order valence-corrected chi connectivity index (χ3v) is 7.20. The first kappa shape index (κ1) is 17.7. The summed E-state index contributed by atoms with van der Waals surface area (Å²) in [6.45, 7) is 0. The molecule has 3 aromatic heterocycles. The van der Waals surface area contributed by atoms with Crippen LogP contribution >= 0.6 is 34.4 Å². The number of hydrogen-bond acceptors (Lipinski definition) is 7. The Morgan fingerprint density at radius 1 is 1.27 bits per heavy atom. The molecule has 1 aliphatic carbocycles. The van der Waals surface area contributed by atoms with Gasteiger partial charge in [0, 0.05) is 11.4 Å². The van der Waals surface area contributed by atoms with Gasteiger partial charge in [-0.1, -0.05) is 25.3 Å². The van der Waals surface area contributed by atoms with E-state index in [9.17, 15) is 4.79 Å². The molecule has 26 heavy (non-hydrogen) atoms. The van der Waals surface area contributed by atoms with Crippen LogP contribution < -0.4 is 0 Å². The lowest BCUT2D eigenvalue weighted by Crippen LogP contribution is -2.14. The van der Waals surface area contributed by atoms with Gasteiger partial charge in [0.2, 0.25) is 0 Å². The number of thiazole rings is 1. The fourth-order valence-corrected chi connectivity index (χ4v) is 5.78. The van der Waals surface area contributed by atoms with Crippen LogP contribution in [0, 0.1) is 0 Å². The van der Waals surface area contributed by atoms with Crippen molar-refractivity contribution in [2.24, 2.45) is 0 Å². The number of carboxylic acids is 1. The Morgan fingerprint density at radius 3 is 2.85 bits per heavy atom. The van der Waals surface area contributed by atoms with Gasteiger partial charge >= 0.3 is 5.97 Å². The second-order valence-electron chi connectivity index (χ2n) is 6.22. The molecule has 6 nitrogen and oxygen atoms in total. The molecule has 0 bridgehead atoms. The Hall–Kier alpha value is -1.71. The third kappa shape index (κ3) is 3.84. The van der Waals surface area contributed by atoms with Gasteiger partial charge in [0.15, 0.2) is 15.3 Å². The molecular weight excluding hydrogens is 388 g/mol. The number of thiophene rings is 1. The maximum atomic E-state index is 10.9. The van der Waals surface area contributed by atoms with Crippen molar-refractivity contribution < 1.29 is 9.90 Å². The van der Waals surface area contributed by atoms with E-state index in [4.69, 9.17) is 5.11 Å². The quantitative estimate of drug-likeness (QED) is 0.636. The first-order valence-corrected chi connectivity index (χ1v) is 11.1. The summed E-state index contributed by atoms with van der Waals surface area (Å²) in [5.74, 6) is 0.0638. The zero-order valence-corrected chi connectivity index (χ0v) is 16.4. The number of nitrogens with zero attached hydrogens (tertiary/aromatic N) is 4. The highest BCUT2D eigenvalue weighted by atomic mass is 32.2. The molecule has 3 heterocycles. The van der Waals surface area contributed by atoms with Crippen LogP contribution in [0.1, 0.15) is 43.8 Å². The maximum Gasteiger partial charge on any atom is 0.309 e. The van der Waals surface area contributed by atoms with Crippen molar-refractivity contribution in [1.29, 1.82) is 0 Å². The summed E-state index contributed by atoms with van der Waals surface area (Å²) in [6, 6.07) is 4.53. The van der Waals surface area contributed by atoms with Crippen LogP contribution in [0.15, 0.2) is 32.4 Å². The van der Waals surface area contributed by atoms with Gasteiger partial charge in [-0.3, -0.25) is 9.36 Å². The van der Waals surface area contributed by atoms with Gasteiger partial charge in [0.05, 0.1) is 17.0 Å². The largest absolute Gasteiger partial charge is 0.481 e. The van der Waals surface area contributed by atoms with Crippen molar-refractivity contribution >= 4 is 40.4 Å². The van der Waals surface area contributed by atoms with Crippen molar-refractivity contribution in [2.45, 2.75) is 54.1 Å². The molecule has 1 N–H and O–H groups in total. The summed E-state index contributed by atoms with van der Waals surface area (Å²) in [5.41, 5.74) is 0.590. The standard InChI is InChI=1S/C17H18N4O2S3/c22-14(23)9-11-10-25-17(18-11)26-16-20-19-15(13-7-4-8-24-13)21(16)12-5-2-1-3-6-12/h4,7-8,10,12H,1-3,5-6,9H2,(H,22,23). The van der Waals surface area contributed by atoms with E-state index in [1.54, 1.807) is 16.7 Å². The highest BCUT2D eigenvalue weighted by Crippen LogP contribution is 2.39. The number of carbonyl (C=O) groups is 1.